The van der Waals surface area contributed by atoms with Crippen LogP contribution in [0.3, 0.4) is 0 Å². The summed E-state index contributed by atoms with van der Waals surface area (Å²) in [6, 6.07) is -7.65. The van der Waals surface area contributed by atoms with Crippen LogP contribution in [0.25, 0.3) is 0 Å². The molecule has 6 atom stereocenters. The molecule has 1 aliphatic carbocycles. The third-order valence-corrected chi connectivity index (χ3v) is 10.6. The van der Waals surface area contributed by atoms with Crippen molar-refractivity contribution in [3.63, 3.8) is 0 Å². The van der Waals surface area contributed by atoms with Crippen LogP contribution in [-0.4, -0.2) is 136 Å². The predicted octanol–water partition coefficient (Wildman–Crippen LogP) is -0.398. The number of amides is 7. The summed E-state index contributed by atoms with van der Waals surface area (Å²) >= 11 is 0. The van der Waals surface area contributed by atoms with Crippen molar-refractivity contribution in [2.45, 2.75) is 147 Å². The molecule has 0 radical (unpaired) electrons. The Bertz CT molecular complexity index is 1660. The summed E-state index contributed by atoms with van der Waals surface area (Å²) in [7, 11) is 0. The maximum atomic E-state index is 14.5. The predicted molar refractivity (Wildman–Crippen MR) is 219 cm³/mol. The Kier molecular flexibility index (Phi) is 22.3. The molecular weight excluding hydrogens is 814 g/mol. The molecule has 1 saturated carbocycles. The lowest BCUT2D eigenvalue weighted by Gasteiger charge is -2.36. The standard InChI is InChI=1S/C41H63N7O14/c1-6-12-26(35(55)40(60)42-22-32(54)62-21-7-2)44-38(58)29-15-11-20-48(29)41(61)34(25-13-9-8-10-14-25)47-39(59)33(23(3)4)46-37(57)28(17-19-31(52)53)45-36(56)27(43-24(5)49)16-18-30(50)51/h7,23,25-29,33-34H,2,6,8-22H2,1,3-5H3,(H,42,60)(H,43,49)(H,44,58)(H,45,56)(H,46,57)(H,47,59)(H,50,51)(H,52,53)/t26?,27?,28?,29-,33?,34?/m0/s1. The molecule has 0 aromatic carbocycles. The first kappa shape index (κ1) is 52.2. The van der Waals surface area contributed by atoms with Gasteiger partial charge in [0.2, 0.25) is 41.2 Å². The van der Waals surface area contributed by atoms with Crippen LogP contribution >= 0.6 is 0 Å². The Morgan fingerprint density at radius 2 is 1.34 bits per heavy atom. The highest BCUT2D eigenvalue weighted by Crippen LogP contribution is 2.30. The zero-order valence-corrected chi connectivity index (χ0v) is 36.0. The van der Waals surface area contributed by atoms with Crippen LogP contribution < -0.4 is 31.9 Å². The number of carbonyl (C=O) groups excluding carboxylic acids is 9. The molecule has 5 unspecified atom stereocenters. The Labute approximate surface area is 360 Å². The molecule has 0 bridgehead atoms. The van der Waals surface area contributed by atoms with Gasteiger partial charge in [0.15, 0.2) is 0 Å². The van der Waals surface area contributed by atoms with Crippen molar-refractivity contribution in [2.24, 2.45) is 11.8 Å². The summed E-state index contributed by atoms with van der Waals surface area (Å²) in [6.07, 6.45) is 4.23. The highest BCUT2D eigenvalue weighted by Gasteiger charge is 2.43. The number of carboxylic acid groups (broad SMARTS) is 2. The number of rotatable bonds is 26. The second-order valence-electron chi connectivity index (χ2n) is 15.9. The topological polar surface area (TPSA) is 313 Å². The van der Waals surface area contributed by atoms with E-state index in [-0.39, 0.29) is 38.3 Å². The Morgan fingerprint density at radius 1 is 0.742 bits per heavy atom. The number of ketones is 1. The molecular formula is C41H63N7O14. The van der Waals surface area contributed by atoms with Gasteiger partial charge in [-0.25, -0.2) is 0 Å². The van der Waals surface area contributed by atoms with Gasteiger partial charge in [-0.1, -0.05) is 59.1 Å². The van der Waals surface area contributed by atoms with Crippen molar-refractivity contribution in [3.8, 4) is 0 Å². The minimum atomic E-state index is -1.53. The van der Waals surface area contributed by atoms with E-state index >= 15 is 0 Å². The lowest BCUT2D eigenvalue weighted by Crippen LogP contribution is -2.61. The van der Waals surface area contributed by atoms with Crippen molar-refractivity contribution in [1.82, 2.24) is 36.8 Å². The fourth-order valence-electron chi connectivity index (χ4n) is 7.38. The van der Waals surface area contributed by atoms with E-state index in [1.807, 2.05) is 0 Å². The molecule has 2 rings (SSSR count). The third kappa shape index (κ3) is 17.2. The van der Waals surface area contributed by atoms with E-state index < -0.39 is 133 Å². The van der Waals surface area contributed by atoms with E-state index in [2.05, 4.69) is 38.5 Å². The Hall–Kier alpha value is -5.89. The van der Waals surface area contributed by atoms with Gasteiger partial charge in [-0.2, -0.15) is 0 Å². The molecule has 1 heterocycles. The fraction of sp³-hybridized carbons (Fsp3) is 0.683. The number of ether oxygens (including phenoxy) is 1. The highest BCUT2D eigenvalue weighted by atomic mass is 16.5. The van der Waals surface area contributed by atoms with Crippen LogP contribution in [0.15, 0.2) is 12.7 Å². The monoisotopic (exact) mass is 877 g/mol. The first-order valence-electron chi connectivity index (χ1n) is 21.1. The van der Waals surface area contributed by atoms with Crippen molar-refractivity contribution in [1.29, 1.82) is 0 Å². The summed E-state index contributed by atoms with van der Waals surface area (Å²) in [4.78, 5) is 143. The van der Waals surface area contributed by atoms with Crippen LogP contribution in [0.5, 0.6) is 0 Å². The molecule has 2 fully saturated rings. The maximum Gasteiger partial charge on any atom is 0.325 e. The lowest BCUT2D eigenvalue weighted by molar-refractivity contribution is -0.146. The van der Waals surface area contributed by atoms with Gasteiger partial charge in [0.1, 0.15) is 43.4 Å². The van der Waals surface area contributed by atoms with Crippen LogP contribution in [0.2, 0.25) is 0 Å². The van der Waals surface area contributed by atoms with Gasteiger partial charge in [0, 0.05) is 26.3 Å². The first-order valence-corrected chi connectivity index (χ1v) is 21.1. The minimum absolute atomic E-state index is 0.0874. The molecule has 21 nitrogen and oxygen atoms in total. The molecule has 1 aliphatic heterocycles. The van der Waals surface area contributed by atoms with E-state index in [9.17, 15) is 57.8 Å². The minimum Gasteiger partial charge on any atom is -0.481 e. The normalized spacial score (nSPS) is 17.5. The van der Waals surface area contributed by atoms with Crippen LogP contribution in [0.1, 0.15) is 111 Å². The Morgan fingerprint density at radius 3 is 1.89 bits per heavy atom. The van der Waals surface area contributed by atoms with Crippen LogP contribution in [-0.2, 0) is 57.5 Å². The average molecular weight is 878 g/mol. The number of Topliss-reactive ketones (excluding diaryl/α,β-unsaturated/α-hetero) is 1. The highest BCUT2D eigenvalue weighted by molar-refractivity contribution is 6.38. The van der Waals surface area contributed by atoms with E-state index in [4.69, 9.17) is 9.84 Å². The maximum absolute atomic E-state index is 14.5. The van der Waals surface area contributed by atoms with Crippen LogP contribution in [0.4, 0.5) is 0 Å². The van der Waals surface area contributed by atoms with E-state index in [0.717, 1.165) is 26.2 Å². The van der Waals surface area contributed by atoms with E-state index in [1.165, 1.54) is 11.0 Å². The number of carbonyl (C=O) groups is 11. The zero-order valence-electron chi connectivity index (χ0n) is 36.0. The van der Waals surface area contributed by atoms with Gasteiger partial charge < -0.3 is 51.8 Å². The molecule has 346 valence electrons. The van der Waals surface area contributed by atoms with E-state index in [0.29, 0.717) is 25.7 Å². The third-order valence-electron chi connectivity index (χ3n) is 10.6. The number of carboxylic acids is 2. The molecule has 0 aromatic rings. The van der Waals surface area contributed by atoms with Gasteiger partial charge in [-0.05, 0) is 56.8 Å². The molecule has 1 saturated heterocycles. The summed E-state index contributed by atoms with van der Waals surface area (Å²) in [5.74, 6) is -10.9. The first-order chi connectivity index (χ1) is 29.3. The van der Waals surface area contributed by atoms with Gasteiger partial charge in [0.05, 0.1) is 6.04 Å². The van der Waals surface area contributed by atoms with Gasteiger partial charge in [-0.3, -0.25) is 52.7 Å². The summed E-state index contributed by atoms with van der Waals surface area (Å²) in [5.41, 5.74) is 0. The Balaban J connectivity index is 2.31. The molecule has 0 aromatic heterocycles. The van der Waals surface area contributed by atoms with Gasteiger partial charge in [-0.15, -0.1) is 0 Å². The van der Waals surface area contributed by atoms with E-state index in [1.54, 1.807) is 20.8 Å². The molecule has 7 amide bonds. The van der Waals surface area contributed by atoms with Crippen LogP contribution in [0, 0.1) is 11.8 Å². The second kappa shape index (κ2) is 26.4. The second-order valence-corrected chi connectivity index (χ2v) is 15.9. The zero-order chi connectivity index (χ0) is 46.5. The number of esters is 1. The average Bonchev–Trinajstić information content (AvgIpc) is 3.72. The SMILES string of the molecule is C=CCOC(=O)CNC(=O)C(=O)C(CCC)NC(=O)[C@@H]1CCCN1C(=O)C(NC(=O)C(NC(=O)C(CCC(=O)O)NC(=O)C(CCC(=O)O)NC(C)=O)C(C)C)C1CCCCC1. The van der Waals surface area contributed by atoms with Gasteiger partial charge in [0.25, 0.3) is 5.91 Å². The number of aliphatic carboxylic acids is 2. The van der Waals surface area contributed by atoms with Crippen molar-refractivity contribution < 1.29 is 67.7 Å². The summed E-state index contributed by atoms with van der Waals surface area (Å²) < 4.78 is 4.80. The number of likely N-dealkylation sites (tertiary alicyclic amines) is 1. The summed E-state index contributed by atoms with van der Waals surface area (Å²) in [5, 5.41) is 33.4. The smallest absolute Gasteiger partial charge is 0.325 e. The number of hydrogen-bond acceptors (Lipinski definition) is 12. The number of hydrogen-bond donors (Lipinski definition) is 8. The number of nitrogens with one attached hydrogen (secondary N) is 6. The van der Waals surface area contributed by atoms with Crippen molar-refractivity contribution in [3.05, 3.63) is 12.7 Å². The molecule has 2 aliphatic rings. The fourth-order valence-corrected chi connectivity index (χ4v) is 7.38. The quantitative estimate of drug-likeness (QED) is 0.0312. The molecule has 8 N–H and O–H groups in total. The number of nitrogens with zero attached hydrogens (tertiary/aromatic N) is 1. The molecule has 62 heavy (non-hydrogen) atoms. The van der Waals surface area contributed by atoms with Crippen molar-refractivity contribution >= 4 is 65.0 Å². The van der Waals surface area contributed by atoms with Gasteiger partial charge >= 0.3 is 17.9 Å². The largest absolute Gasteiger partial charge is 0.481 e. The molecule has 21 heteroatoms. The van der Waals surface area contributed by atoms with Crippen molar-refractivity contribution in [2.75, 3.05) is 19.7 Å². The molecule has 0 spiro atoms. The summed E-state index contributed by atoms with van der Waals surface area (Å²) in [6.45, 7) is 9.00. The lowest BCUT2D eigenvalue weighted by atomic mass is 9.83.